The van der Waals surface area contributed by atoms with Gasteiger partial charge in [0.15, 0.2) is 5.71 Å². The maximum absolute atomic E-state index is 11.9. The number of H-pyrrole nitrogens is 1. The molecule has 0 saturated carbocycles. The maximum atomic E-state index is 11.9. The zero-order chi connectivity index (χ0) is 14.9. The number of nitrogens with zero attached hydrogens (tertiary/aromatic N) is 2. The van der Waals surface area contributed by atoms with Crippen LogP contribution in [-0.4, -0.2) is 22.8 Å². The van der Waals surface area contributed by atoms with Crippen LogP contribution in [0.5, 0.6) is 0 Å². The summed E-state index contributed by atoms with van der Waals surface area (Å²) in [7, 11) is 0. The zero-order valence-corrected chi connectivity index (χ0v) is 11.6. The molecule has 0 atom stereocenters. The van der Waals surface area contributed by atoms with Crippen molar-refractivity contribution in [3.05, 3.63) is 65.9 Å². The van der Waals surface area contributed by atoms with E-state index in [9.17, 15) is 4.79 Å². The second-order valence-corrected chi connectivity index (χ2v) is 5.00. The number of carbonyl (C=O) groups is 1. The average molecular weight is 288 g/mol. The highest BCUT2D eigenvalue weighted by Crippen LogP contribution is 2.22. The molecule has 1 aliphatic heterocycles. The minimum atomic E-state index is -0.227. The van der Waals surface area contributed by atoms with Crippen LogP contribution in [0.1, 0.15) is 11.3 Å². The third-order valence-corrected chi connectivity index (χ3v) is 3.55. The van der Waals surface area contributed by atoms with Gasteiger partial charge in [-0.25, -0.2) is 0 Å². The Labute approximate surface area is 126 Å². The van der Waals surface area contributed by atoms with E-state index in [2.05, 4.69) is 20.5 Å². The fourth-order valence-electron chi connectivity index (χ4n) is 2.52. The molecule has 4 rings (SSSR count). The molecule has 1 amide bonds. The summed E-state index contributed by atoms with van der Waals surface area (Å²) in [6.45, 7) is 0. The SMILES string of the molecule is O=C1Nc2ccccc2/C1=N/N=Cc1cc2ccccc2[nH]1. The first-order valence-electron chi connectivity index (χ1n) is 6.91. The Hall–Kier alpha value is -3.21. The molecule has 22 heavy (non-hydrogen) atoms. The van der Waals surface area contributed by atoms with Crippen LogP contribution < -0.4 is 5.32 Å². The Balaban J connectivity index is 1.65. The van der Waals surface area contributed by atoms with Crippen LogP contribution in [0.2, 0.25) is 0 Å². The fraction of sp³-hybridized carbons (Fsp3) is 0. The smallest absolute Gasteiger partial charge is 0.276 e. The molecule has 5 heteroatoms. The molecule has 0 aliphatic carbocycles. The monoisotopic (exact) mass is 288 g/mol. The second-order valence-electron chi connectivity index (χ2n) is 5.00. The molecule has 3 aromatic rings. The summed E-state index contributed by atoms with van der Waals surface area (Å²) < 4.78 is 0. The molecule has 0 spiro atoms. The Morgan fingerprint density at radius 2 is 1.82 bits per heavy atom. The third kappa shape index (κ3) is 2.09. The van der Waals surface area contributed by atoms with E-state index in [4.69, 9.17) is 0 Å². The normalized spacial score (nSPS) is 15.6. The molecule has 0 unspecified atom stereocenters. The van der Waals surface area contributed by atoms with Gasteiger partial charge in [-0.15, -0.1) is 5.10 Å². The van der Waals surface area contributed by atoms with Gasteiger partial charge in [0.05, 0.1) is 17.6 Å². The van der Waals surface area contributed by atoms with Gasteiger partial charge < -0.3 is 10.3 Å². The average Bonchev–Trinajstić information content (AvgIpc) is 3.08. The number of para-hydroxylation sites is 2. The largest absolute Gasteiger partial charge is 0.354 e. The van der Waals surface area contributed by atoms with Gasteiger partial charge in [0.1, 0.15) is 0 Å². The van der Waals surface area contributed by atoms with Crippen molar-refractivity contribution in [3.8, 4) is 0 Å². The summed E-state index contributed by atoms with van der Waals surface area (Å²) in [5, 5.41) is 12.0. The van der Waals surface area contributed by atoms with Crippen molar-refractivity contribution < 1.29 is 4.79 Å². The Morgan fingerprint density at radius 3 is 2.73 bits per heavy atom. The molecule has 2 heterocycles. The summed E-state index contributed by atoms with van der Waals surface area (Å²) in [4.78, 5) is 15.1. The second kappa shape index (κ2) is 4.96. The first kappa shape index (κ1) is 12.5. The quantitative estimate of drug-likeness (QED) is 0.552. The van der Waals surface area contributed by atoms with Crippen LogP contribution >= 0.6 is 0 Å². The molecule has 1 aliphatic rings. The molecule has 0 fully saturated rings. The summed E-state index contributed by atoms with van der Waals surface area (Å²) in [6.07, 6.45) is 1.61. The molecule has 2 aromatic carbocycles. The summed E-state index contributed by atoms with van der Waals surface area (Å²) in [5.74, 6) is -0.227. The summed E-state index contributed by atoms with van der Waals surface area (Å²) in [6, 6.07) is 17.4. The predicted molar refractivity (Wildman–Crippen MR) is 87.5 cm³/mol. The van der Waals surface area contributed by atoms with Crippen molar-refractivity contribution in [2.24, 2.45) is 10.2 Å². The first-order valence-corrected chi connectivity index (χ1v) is 6.91. The van der Waals surface area contributed by atoms with Crippen LogP contribution in [-0.2, 0) is 4.79 Å². The van der Waals surface area contributed by atoms with Gasteiger partial charge in [-0.3, -0.25) is 4.79 Å². The van der Waals surface area contributed by atoms with Crippen LogP contribution in [0.25, 0.3) is 10.9 Å². The van der Waals surface area contributed by atoms with Gasteiger partial charge in [0, 0.05) is 16.5 Å². The van der Waals surface area contributed by atoms with E-state index >= 15 is 0 Å². The minimum absolute atomic E-state index is 0.227. The fourth-order valence-corrected chi connectivity index (χ4v) is 2.52. The highest BCUT2D eigenvalue weighted by atomic mass is 16.2. The molecule has 1 aromatic heterocycles. The molecule has 106 valence electrons. The number of amides is 1. The van der Waals surface area contributed by atoms with E-state index in [1.54, 1.807) is 6.21 Å². The van der Waals surface area contributed by atoms with Crippen LogP contribution in [0.3, 0.4) is 0 Å². The maximum Gasteiger partial charge on any atom is 0.276 e. The first-order chi connectivity index (χ1) is 10.8. The third-order valence-electron chi connectivity index (χ3n) is 3.55. The lowest BCUT2D eigenvalue weighted by Gasteiger charge is -1.93. The number of benzene rings is 2. The van der Waals surface area contributed by atoms with Gasteiger partial charge in [0.2, 0.25) is 0 Å². The number of hydrogen-bond acceptors (Lipinski definition) is 3. The van der Waals surface area contributed by atoms with Crippen molar-refractivity contribution in [3.63, 3.8) is 0 Å². The molecule has 0 saturated heterocycles. The molecular formula is C17H12N4O. The summed E-state index contributed by atoms with van der Waals surface area (Å²) in [5.41, 5.74) is 3.77. The van der Waals surface area contributed by atoms with Gasteiger partial charge in [-0.05, 0) is 18.2 Å². The number of aromatic amines is 1. The van der Waals surface area contributed by atoms with Crippen molar-refractivity contribution in [1.29, 1.82) is 0 Å². The standard InChI is InChI=1S/C17H12N4O/c22-17-16(13-6-2-4-8-15(13)20-17)21-18-10-12-9-11-5-1-3-7-14(11)19-12/h1-10,19H,(H,20,21,22). The van der Waals surface area contributed by atoms with Gasteiger partial charge in [0.25, 0.3) is 5.91 Å². The Bertz CT molecular complexity index is 903. The molecule has 5 nitrogen and oxygen atoms in total. The van der Waals surface area contributed by atoms with Crippen LogP contribution in [0.4, 0.5) is 5.69 Å². The van der Waals surface area contributed by atoms with Crippen molar-refractivity contribution >= 4 is 34.4 Å². The number of aromatic nitrogens is 1. The van der Waals surface area contributed by atoms with Crippen molar-refractivity contribution in [2.75, 3.05) is 5.32 Å². The molecule has 2 N–H and O–H groups in total. The van der Waals surface area contributed by atoms with E-state index in [1.807, 2.05) is 54.6 Å². The molecular weight excluding hydrogens is 276 g/mol. The van der Waals surface area contributed by atoms with Gasteiger partial charge in [-0.1, -0.05) is 36.4 Å². The zero-order valence-electron chi connectivity index (χ0n) is 11.6. The lowest BCUT2D eigenvalue weighted by molar-refractivity contribution is -0.110. The highest BCUT2D eigenvalue weighted by Gasteiger charge is 2.25. The molecule has 0 bridgehead atoms. The number of carbonyl (C=O) groups excluding carboxylic acids is 1. The number of hydrogen-bond donors (Lipinski definition) is 2. The van der Waals surface area contributed by atoms with E-state index < -0.39 is 0 Å². The number of nitrogens with one attached hydrogen (secondary N) is 2. The van der Waals surface area contributed by atoms with Gasteiger partial charge in [-0.2, -0.15) is 5.10 Å². The topological polar surface area (TPSA) is 69.6 Å². The van der Waals surface area contributed by atoms with Crippen LogP contribution in [0.15, 0.2) is 64.8 Å². The summed E-state index contributed by atoms with van der Waals surface area (Å²) >= 11 is 0. The van der Waals surface area contributed by atoms with Crippen molar-refractivity contribution in [2.45, 2.75) is 0 Å². The van der Waals surface area contributed by atoms with E-state index in [0.29, 0.717) is 5.71 Å². The number of fused-ring (bicyclic) bond motifs is 2. The van der Waals surface area contributed by atoms with E-state index in [1.165, 1.54) is 0 Å². The van der Waals surface area contributed by atoms with Crippen molar-refractivity contribution in [1.82, 2.24) is 4.98 Å². The minimum Gasteiger partial charge on any atom is -0.354 e. The number of rotatable bonds is 2. The van der Waals surface area contributed by atoms with Gasteiger partial charge >= 0.3 is 0 Å². The molecule has 0 radical (unpaired) electrons. The van der Waals surface area contributed by atoms with E-state index in [0.717, 1.165) is 27.8 Å². The lowest BCUT2D eigenvalue weighted by atomic mass is 10.1. The highest BCUT2D eigenvalue weighted by molar-refractivity contribution is 6.53. The lowest BCUT2D eigenvalue weighted by Crippen LogP contribution is -2.13. The predicted octanol–water partition coefficient (Wildman–Crippen LogP) is 2.94. The van der Waals surface area contributed by atoms with Crippen LogP contribution in [0, 0.1) is 0 Å². The Morgan fingerprint density at radius 1 is 1.00 bits per heavy atom. The number of anilines is 1. The Kier molecular flexibility index (Phi) is 2.83. The van der Waals surface area contributed by atoms with E-state index in [-0.39, 0.29) is 5.91 Å².